The summed E-state index contributed by atoms with van der Waals surface area (Å²) in [6, 6.07) is 38.9. The Labute approximate surface area is 882 Å². The smallest absolute Gasteiger partial charge is 0.423 e. The highest BCUT2D eigenvalue weighted by atomic mass is 79.9. The van der Waals surface area contributed by atoms with Crippen LogP contribution < -0.4 is 22.7 Å². The summed E-state index contributed by atoms with van der Waals surface area (Å²) in [7, 11) is -9.21. The number of aromatic amines is 1. The van der Waals surface area contributed by atoms with Crippen LogP contribution in [0.1, 0.15) is 106 Å². The molecule has 9 N–H and O–H groups in total. The zero-order valence-electron chi connectivity index (χ0n) is 83.5. The Morgan fingerprint density at radius 3 is 1.10 bits per heavy atom. The molecule has 796 valence electrons. The van der Waals surface area contributed by atoms with Crippen LogP contribution in [0, 0.1) is 47.0 Å². The maximum Gasteiger partial charge on any atom is 0.488 e. The molecular formula is C93H112BBr4ClF12N18O14Si4. The number of hydrogen-bond donors (Lipinski definition) is 6. The first-order valence-corrected chi connectivity index (χ1v) is 59.9. The molecule has 8 aromatic carbocycles. The number of non-ortho nitro benzene ring substituents is 4. The SMILES string of the molecule is CC(C)(C)[Si](C)(C)OCCBr.CC(C)(C)[Si](C)(C)OCCn1c(C(F)(F)F)nc2c(-c3ccccc3)cc(N)cc21.CC(C)(C)[Si](C)(C)OCCn1c(C(F)(F)F)nc2c(-c3ccccc3)cc([N+](=O)[O-])cc21.CC(C)(C)[Si](C)(C)OCCn1c(C(F)(F)F)nc2c(Br)cc([N+](=O)[O-])cc21.Nc1cc([N+](=O)[O-])cc(Br)c1N.O=[N+]([O-])c1cc(Br)c2nc(C(F)(F)F)[nH]c2c1.OB(O)c1ccccc1.[C-]#[N+]c1cnc(Cl)nc1. The van der Waals surface area contributed by atoms with Crippen molar-refractivity contribution in [3.05, 3.63) is 258 Å². The Bertz CT molecular complexity index is 6750. The lowest BCUT2D eigenvalue weighted by Gasteiger charge is -2.36. The number of nitrogens with one attached hydrogen (secondary N) is 1. The van der Waals surface area contributed by atoms with E-state index in [9.17, 15) is 93.1 Å². The molecule has 0 saturated heterocycles. The third-order valence-corrected chi connectivity index (χ3v) is 44.7. The number of fused-ring (bicyclic) bond motifs is 4. The van der Waals surface area contributed by atoms with Crippen molar-refractivity contribution in [2.75, 3.05) is 49.0 Å². The number of nitro benzene ring substituents is 4. The maximum absolute atomic E-state index is 13.9. The molecule has 0 radical (unpaired) electrons. The number of hydrogen-bond acceptors (Lipinski definition) is 23. The fourth-order valence-electron chi connectivity index (χ4n) is 12.2. The van der Waals surface area contributed by atoms with E-state index >= 15 is 0 Å². The third-order valence-electron chi connectivity index (χ3n) is 24.2. The number of nitrogen functional groups attached to an aromatic ring is 3. The van der Waals surface area contributed by atoms with Crippen molar-refractivity contribution in [3.63, 3.8) is 0 Å². The second-order valence-corrected chi connectivity index (χ2v) is 61.6. The lowest BCUT2D eigenvalue weighted by Crippen LogP contribution is -2.41. The Kier molecular flexibility index (Phi) is 43.1. The molecule has 0 aliphatic heterocycles. The first-order valence-electron chi connectivity index (χ1n) is 44.4. The van der Waals surface area contributed by atoms with Gasteiger partial charge in [-0.25, -0.2) is 34.7 Å². The van der Waals surface area contributed by atoms with Gasteiger partial charge in [0.05, 0.1) is 99.5 Å². The van der Waals surface area contributed by atoms with Gasteiger partial charge in [-0.05, 0) is 161 Å². The van der Waals surface area contributed by atoms with Gasteiger partial charge in [-0.1, -0.05) is 190 Å². The minimum atomic E-state index is -4.72. The van der Waals surface area contributed by atoms with Gasteiger partial charge >= 0.3 is 31.8 Å². The van der Waals surface area contributed by atoms with Gasteiger partial charge in [-0.3, -0.25) is 40.5 Å². The number of anilines is 3. The number of nitrogens with two attached hydrogens (primary N) is 3. The third kappa shape index (κ3) is 34.7. The lowest BCUT2D eigenvalue weighted by atomic mass is 9.81. The van der Waals surface area contributed by atoms with Crippen LogP contribution in [0.25, 0.3) is 71.2 Å². The zero-order valence-corrected chi connectivity index (χ0v) is 94.6. The normalized spacial score (nSPS) is 12.3. The Hall–Kier alpha value is -10.7. The van der Waals surface area contributed by atoms with Gasteiger partial charge in [-0.15, -0.1) is 0 Å². The number of rotatable bonds is 22. The van der Waals surface area contributed by atoms with Gasteiger partial charge in [0.2, 0.25) is 34.3 Å². The van der Waals surface area contributed by atoms with Crippen molar-refractivity contribution < 1.29 is 100 Å². The van der Waals surface area contributed by atoms with Crippen LogP contribution in [-0.2, 0) is 62.0 Å². The summed E-state index contributed by atoms with van der Waals surface area (Å²) < 4.78 is 188. The van der Waals surface area contributed by atoms with Gasteiger partial charge in [0.15, 0.2) is 33.3 Å². The second kappa shape index (κ2) is 50.7. The van der Waals surface area contributed by atoms with E-state index in [-0.39, 0.29) is 141 Å². The fourth-order valence-corrected chi connectivity index (χ4v) is 18.4. The van der Waals surface area contributed by atoms with Crippen LogP contribution in [0.15, 0.2) is 177 Å². The number of benzene rings is 8. The van der Waals surface area contributed by atoms with Crippen LogP contribution in [0.4, 0.5) is 98.2 Å². The predicted octanol–water partition coefficient (Wildman–Crippen LogP) is 28.0. The van der Waals surface area contributed by atoms with Crippen LogP contribution in [0.3, 0.4) is 0 Å². The van der Waals surface area contributed by atoms with Crippen LogP contribution >= 0.6 is 75.3 Å². The molecule has 32 nitrogen and oxygen atoms in total. The minimum absolute atomic E-state index is 0.00271. The van der Waals surface area contributed by atoms with E-state index in [0.29, 0.717) is 48.7 Å². The summed E-state index contributed by atoms with van der Waals surface area (Å²) >= 11 is 17.8. The maximum atomic E-state index is 13.9. The van der Waals surface area contributed by atoms with Crippen LogP contribution in [0.5, 0.6) is 0 Å². The number of H-pyrrole nitrogens is 1. The number of imidazole rings is 4. The molecule has 0 saturated carbocycles. The topological polar surface area (TPSA) is 440 Å². The molecule has 147 heavy (non-hydrogen) atoms. The molecule has 0 amide bonds. The van der Waals surface area contributed by atoms with Crippen molar-refractivity contribution >= 4 is 211 Å². The van der Waals surface area contributed by atoms with Gasteiger partial charge in [0, 0.05) is 114 Å². The molecule has 0 unspecified atom stereocenters. The highest BCUT2D eigenvalue weighted by Gasteiger charge is 2.45. The van der Waals surface area contributed by atoms with E-state index in [1.165, 1.54) is 35.2 Å². The molecule has 0 aliphatic carbocycles. The van der Waals surface area contributed by atoms with E-state index in [4.69, 9.17) is 63.1 Å². The average molecular weight is 2410 g/mol. The van der Waals surface area contributed by atoms with Gasteiger partial charge < -0.3 is 63.6 Å². The van der Waals surface area contributed by atoms with Gasteiger partial charge in [0.1, 0.15) is 11.0 Å². The number of aromatic nitrogens is 10. The summed E-state index contributed by atoms with van der Waals surface area (Å²) in [4.78, 5) is 68.1. The lowest BCUT2D eigenvalue weighted by molar-refractivity contribution is -0.385. The number of nitrogens with zero attached hydrogens (tertiary/aromatic N) is 14. The van der Waals surface area contributed by atoms with Crippen molar-refractivity contribution in [1.29, 1.82) is 0 Å². The number of alkyl halides is 13. The van der Waals surface area contributed by atoms with Crippen molar-refractivity contribution in [3.8, 4) is 22.3 Å². The van der Waals surface area contributed by atoms with Gasteiger partial charge in [0.25, 0.3) is 22.7 Å². The number of halogens is 17. The summed E-state index contributed by atoms with van der Waals surface area (Å²) in [6.07, 6.45) is -15.9. The Morgan fingerprint density at radius 2 is 0.762 bits per heavy atom. The summed E-state index contributed by atoms with van der Waals surface area (Å²) in [6.45, 7) is 49.5. The first kappa shape index (κ1) is 125. The molecule has 0 bridgehead atoms. The van der Waals surface area contributed by atoms with Crippen molar-refractivity contribution in [2.45, 2.75) is 200 Å². The molecule has 13 aromatic rings. The summed E-state index contributed by atoms with van der Waals surface area (Å²) in [5.74, 6) is -4.31. The van der Waals surface area contributed by atoms with Crippen molar-refractivity contribution in [2.24, 2.45) is 0 Å². The number of nitro groups is 4. The van der Waals surface area contributed by atoms with E-state index in [2.05, 4.69) is 166 Å². The molecule has 0 fully saturated rings. The minimum Gasteiger partial charge on any atom is -0.423 e. The van der Waals surface area contributed by atoms with Crippen molar-refractivity contribution in [1.82, 2.24) is 48.6 Å². The molecule has 5 heterocycles. The molecule has 0 atom stereocenters. The molecule has 0 aliphatic rings. The Balaban J connectivity index is 0.000000268. The first-order chi connectivity index (χ1) is 67.4. The molecule has 54 heteroatoms. The highest BCUT2D eigenvalue weighted by Crippen LogP contribution is 2.46. The summed E-state index contributed by atoms with van der Waals surface area (Å²) in [5.41, 5.74) is 20.8. The standard InChI is InChI=1S/C22H26F3N3O3Si.C22H28F3N3OSi.C16H21BrF3N3O3Si.C8H3BrF3N3O2.C8H19BrOSi.C6H7BO2.C6H6BrN3O2.C5H2ClN3/c1-21(2,3)32(4,5)31-12-11-27-18-14-16(28(29)30)13-17(15-9-7-6-8-10-15)19(18)26-20(27)22(23,24)25;1-21(2,3)30(4,5)29-12-11-28-18-14-16(26)13-17(15-9-7-6-8-10-15)19(18)27-20(28)22(23,24)25;1-15(2,3)27(4,5)26-7-6-22-12-9-10(23(24)25)8-11(17)13(12)21-14(22)16(18,19)20;9-4-1-3(15(16)17)2-5-6(4)14-7(13-5)8(10,11)12;1-8(2,3)11(4,5)10-7-6-9;8-7(9)6-4-2-1-3-5-6;7-4-1-3(10(11)12)2-5(8)6(4)9;1-7-4-2-8-5(6)9-3-4/h6-10,13-14H,11-12H2,1-5H3;6-10,13-14H,11-12,26H2,1-5H3;8-9H,6-7H2,1-5H3;1-2H,(H,13,14);6-7H2,1-5H3;1-5,8-9H;1-2H,8-9H2;2-3H. The van der Waals surface area contributed by atoms with E-state index < -0.39 is 108 Å². The molecule has 5 aromatic heterocycles. The predicted molar refractivity (Wildman–Crippen MR) is 572 cm³/mol. The molecule has 13 rings (SSSR count). The zero-order chi connectivity index (χ0) is 112. The summed E-state index contributed by atoms with van der Waals surface area (Å²) in [5, 5.41) is 61.9. The fraction of sp³-hybridized carbons (Fsp3) is 0.387. The average Bonchev–Trinajstić information content (AvgIpc) is 1.62. The van der Waals surface area contributed by atoms with E-state index in [0.717, 1.165) is 57.0 Å². The quantitative estimate of drug-likeness (QED) is 0.00536. The molecular weight excluding hydrogens is 2300 g/mol. The molecule has 0 spiro atoms. The largest absolute Gasteiger partial charge is 0.488 e. The Morgan fingerprint density at radius 1 is 0.442 bits per heavy atom. The monoisotopic (exact) mass is 2410 g/mol. The van der Waals surface area contributed by atoms with Crippen LogP contribution in [0.2, 0.25) is 77.8 Å². The second-order valence-electron chi connectivity index (χ2n) is 38.7. The van der Waals surface area contributed by atoms with E-state index in [1.54, 1.807) is 66.7 Å². The highest BCUT2D eigenvalue weighted by molar-refractivity contribution is 9.11. The van der Waals surface area contributed by atoms with Gasteiger partial charge in [-0.2, -0.15) is 52.7 Å². The van der Waals surface area contributed by atoms with E-state index in [1.807, 2.05) is 109 Å². The van der Waals surface area contributed by atoms with Crippen LogP contribution in [-0.4, -0.2) is 150 Å².